The van der Waals surface area contributed by atoms with Crippen LogP contribution in [0, 0.1) is 0 Å². The van der Waals surface area contributed by atoms with E-state index >= 15 is 0 Å². The van der Waals surface area contributed by atoms with Gasteiger partial charge in [-0.3, -0.25) is 9.36 Å². The summed E-state index contributed by atoms with van der Waals surface area (Å²) in [5.41, 5.74) is -0.156. The van der Waals surface area contributed by atoms with Crippen LogP contribution in [0.25, 0.3) is 11.0 Å². The van der Waals surface area contributed by atoms with Crippen LogP contribution < -0.4 is 5.56 Å². The molecule has 0 saturated carbocycles. The maximum absolute atomic E-state index is 11.8. The highest BCUT2D eigenvalue weighted by atomic mass is 32.2. The molecule has 1 N–H and O–H groups in total. The van der Waals surface area contributed by atoms with Gasteiger partial charge in [-0.05, 0) is 13.0 Å². The molecule has 1 atom stereocenters. The Labute approximate surface area is 109 Å². The molecule has 0 amide bonds. The monoisotopic (exact) mass is 283 g/mol. The van der Waals surface area contributed by atoms with E-state index < -0.39 is 15.9 Å². The fourth-order valence-corrected chi connectivity index (χ4v) is 2.21. The zero-order valence-corrected chi connectivity index (χ0v) is 11.3. The van der Waals surface area contributed by atoms with Crippen LogP contribution in [0.2, 0.25) is 0 Å². The number of aromatic nitrogens is 3. The Morgan fingerprint density at radius 2 is 2.11 bits per heavy atom. The largest absolute Gasteiger partial charge is 0.394 e. The molecule has 2 heterocycles. The third-order valence-electron chi connectivity index (χ3n) is 2.68. The van der Waals surface area contributed by atoms with Gasteiger partial charge in [-0.15, -0.1) is 0 Å². The van der Waals surface area contributed by atoms with Crippen molar-refractivity contribution < 1.29 is 13.5 Å². The summed E-state index contributed by atoms with van der Waals surface area (Å²) in [6.45, 7) is 1.39. The van der Waals surface area contributed by atoms with E-state index in [-0.39, 0.29) is 23.0 Å². The molecule has 1 unspecified atom stereocenters. The van der Waals surface area contributed by atoms with Crippen LogP contribution in [0.15, 0.2) is 28.3 Å². The second kappa shape index (κ2) is 4.71. The van der Waals surface area contributed by atoms with Gasteiger partial charge in [0, 0.05) is 23.9 Å². The number of aliphatic hydroxyl groups is 1. The molecule has 2 aromatic rings. The highest BCUT2D eigenvalue weighted by Crippen LogP contribution is 2.14. The van der Waals surface area contributed by atoms with E-state index in [9.17, 15) is 18.3 Å². The van der Waals surface area contributed by atoms with Crippen molar-refractivity contribution >= 4 is 20.9 Å². The first-order chi connectivity index (χ1) is 8.84. The van der Waals surface area contributed by atoms with Gasteiger partial charge >= 0.3 is 0 Å². The summed E-state index contributed by atoms with van der Waals surface area (Å²) in [6, 6.07) is 2.35. The van der Waals surface area contributed by atoms with Gasteiger partial charge < -0.3 is 5.11 Å². The summed E-state index contributed by atoms with van der Waals surface area (Å²) in [4.78, 5) is 19.5. The van der Waals surface area contributed by atoms with Gasteiger partial charge in [0.05, 0.1) is 12.6 Å². The van der Waals surface area contributed by atoms with Crippen molar-refractivity contribution in [3.8, 4) is 0 Å². The van der Waals surface area contributed by atoms with Gasteiger partial charge in [0.1, 0.15) is 5.65 Å². The van der Waals surface area contributed by atoms with E-state index in [0.29, 0.717) is 5.39 Å². The lowest BCUT2D eigenvalue weighted by atomic mass is 10.3. The first kappa shape index (κ1) is 13.6. The second-order valence-electron chi connectivity index (χ2n) is 4.28. The number of hydrogen-bond donors (Lipinski definition) is 1. The number of hydrogen-bond acceptors (Lipinski definition) is 6. The summed E-state index contributed by atoms with van der Waals surface area (Å²) in [6.07, 6.45) is 2.34. The van der Waals surface area contributed by atoms with Crippen molar-refractivity contribution in [2.24, 2.45) is 0 Å². The molecule has 0 spiro atoms. The zero-order valence-electron chi connectivity index (χ0n) is 10.4. The van der Waals surface area contributed by atoms with Gasteiger partial charge in [0.2, 0.25) is 15.0 Å². The molecule has 0 aliphatic heterocycles. The van der Waals surface area contributed by atoms with Crippen LogP contribution in [0.1, 0.15) is 13.0 Å². The van der Waals surface area contributed by atoms with Crippen molar-refractivity contribution in [3.05, 3.63) is 28.7 Å². The predicted molar refractivity (Wildman–Crippen MR) is 68.7 cm³/mol. The molecule has 8 heteroatoms. The van der Waals surface area contributed by atoms with E-state index in [1.54, 1.807) is 6.92 Å². The molecule has 19 heavy (non-hydrogen) atoms. The maximum Gasteiger partial charge on any atom is 0.252 e. The summed E-state index contributed by atoms with van der Waals surface area (Å²) in [5.74, 6) is 0. The molecule has 0 aliphatic rings. The summed E-state index contributed by atoms with van der Waals surface area (Å²) >= 11 is 0. The Morgan fingerprint density at radius 1 is 1.42 bits per heavy atom. The molecular weight excluding hydrogens is 270 g/mol. The van der Waals surface area contributed by atoms with E-state index in [2.05, 4.69) is 9.97 Å². The Bertz CT molecular complexity index is 782. The van der Waals surface area contributed by atoms with Crippen molar-refractivity contribution in [1.29, 1.82) is 0 Å². The van der Waals surface area contributed by atoms with Crippen LogP contribution in [0.3, 0.4) is 0 Å². The predicted octanol–water partition coefficient (Wildman–Crippen LogP) is -0.252. The van der Waals surface area contributed by atoms with E-state index in [1.165, 1.54) is 22.9 Å². The van der Waals surface area contributed by atoms with Crippen LogP contribution in [0.5, 0.6) is 0 Å². The average molecular weight is 283 g/mol. The molecular formula is C11H13N3O4S. The smallest absolute Gasteiger partial charge is 0.252 e. The third-order valence-corrected chi connectivity index (χ3v) is 3.54. The first-order valence-corrected chi connectivity index (χ1v) is 7.43. The normalized spacial score (nSPS) is 13.6. The standard InChI is InChI=1S/C11H13N3O4S/c1-7(6-15)14-9(16)4-3-8-5-12-11(13-10(8)14)19(2,17)18/h3-5,7,15H,6H2,1-2H3. The van der Waals surface area contributed by atoms with Gasteiger partial charge in [-0.1, -0.05) is 0 Å². The van der Waals surface area contributed by atoms with E-state index in [1.807, 2.05) is 0 Å². The van der Waals surface area contributed by atoms with Crippen LogP contribution in [-0.4, -0.2) is 40.9 Å². The molecule has 0 radical (unpaired) electrons. The van der Waals surface area contributed by atoms with E-state index in [0.717, 1.165) is 6.26 Å². The number of pyridine rings is 1. The van der Waals surface area contributed by atoms with Crippen LogP contribution in [0.4, 0.5) is 0 Å². The number of nitrogens with zero attached hydrogens (tertiary/aromatic N) is 3. The second-order valence-corrected chi connectivity index (χ2v) is 6.19. The van der Waals surface area contributed by atoms with Crippen molar-refractivity contribution in [2.45, 2.75) is 18.1 Å². The number of fused-ring (bicyclic) bond motifs is 1. The van der Waals surface area contributed by atoms with Gasteiger partial charge in [0.25, 0.3) is 5.56 Å². The molecule has 102 valence electrons. The minimum Gasteiger partial charge on any atom is -0.394 e. The van der Waals surface area contributed by atoms with Gasteiger partial charge in [0.15, 0.2) is 0 Å². The van der Waals surface area contributed by atoms with Crippen LogP contribution in [-0.2, 0) is 9.84 Å². The quantitative estimate of drug-likeness (QED) is 0.779. The Hall–Kier alpha value is -1.80. The fourth-order valence-electron chi connectivity index (χ4n) is 1.71. The Balaban J connectivity index is 2.86. The fraction of sp³-hybridized carbons (Fsp3) is 0.364. The first-order valence-electron chi connectivity index (χ1n) is 5.54. The number of sulfone groups is 1. The zero-order chi connectivity index (χ0) is 14.2. The summed E-state index contributed by atoms with van der Waals surface area (Å²) in [5, 5.41) is 9.37. The molecule has 0 aliphatic carbocycles. The molecule has 0 saturated heterocycles. The molecule has 0 bridgehead atoms. The van der Waals surface area contributed by atoms with Crippen molar-refractivity contribution in [1.82, 2.24) is 14.5 Å². The molecule has 0 aromatic carbocycles. The molecule has 7 nitrogen and oxygen atoms in total. The van der Waals surface area contributed by atoms with Gasteiger partial charge in [-0.2, -0.15) is 4.98 Å². The average Bonchev–Trinajstić information content (AvgIpc) is 2.36. The molecule has 2 aromatic heterocycles. The number of rotatable bonds is 3. The maximum atomic E-state index is 11.8. The minimum absolute atomic E-state index is 0.199. The Morgan fingerprint density at radius 3 is 2.68 bits per heavy atom. The lowest BCUT2D eigenvalue weighted by Crippen LogP contribution is -2.26. The SMILES string of the molecule is CC(CO)n1c(=O)ccc2cnc(S(C)(=O)=O)nc21. The summed E-state index contributed by atoms with van der Waals surface area (Å²) in [7, 11) is -3.56. The lowest BCUT2D eigenvalue weighted by molar-refractivity contribution is 0.238. The van der Waals surface area contributed by atoms with Crippen molar-refractivity contribution in [3.63, 3.8) is 0 Å². The van der Waals surface area contributed by atoms with Crippen LogP contribution >= 0.6 is 0 Å². The molecule has 0 fully saturated rings. The number of aliphatic hydroxyl groups excluding tert-OH is 1. The van der Waals surface area contributed by atoms with Crippen molar-refractivity contribution in [2.75, 3.05) is 12.9 Å². The summed E-state index contributed by atoms with van der Waals surface area (Å²) < 4.78 is 24.2. The lowest BCUT2D eigenvalue weighted by Gasteiger charge is -2.14. The topological polar surface area (TPSA) is 102 Å². The van der Waals surface area contributed by atoms with Gasteiger partial charge in [-0.25, -0.2) is 13.4 Å². The highest BCUT2D eigenvalue weighted by Gasteiger charge is 2.16. The Kier molecular flexibility index (Phi) is 3.38. The minimum atomic E-state index is -3.56. The van der Waals surface area contributed by atoms with E-state index in [4.69, 9.17) is 0 Å². The highest BCUT2D eigenvalue weighted by molar-refractivity contribution is 7.90. The third kappa shape index (κ3) is 2.49. The molecule has 2 rings (SSSR count).